The van der Waals surface area contributed by atoms with E-state index in [0.717, 1.165) is 11.1 Å². The molecule has 1 aromatic rings. The Balaban J connectivity index is 2.47. The molecule has 13 heteroatoms. The molecule has 0 unspecified atom stereocenters. The van der Waals surface area contributed by atoms with Crippen LogP contribution in [0.15, 0.2) is 33.1 Å². The van der Waals surface area contributed by atoms with E-state index in [1.54, 1.807) is 0 Å². The third-order valence-electron chi connectivity index (χ3n) is 2.69. The number of nitrogens with one attached hydrogen (secondary N) is 1. The maximum absolute atomic E-state index is 12.1. The van der Waals surface area contributed by atoms with Crippen molar-refractivity contribution in [1.29, 1.82) is 0 Å². The minimum Gasteiger partial charge on any atom is -0.313 e. The maximum atomic E-state index is 12.1. The molecule has 11 nitrogen and oxygen atoms in total. The van der Waals surface area contributed by atoms with Gasteiger partial charge in [0.05, 0.1) is 24.2 Å². The molecule has 130 valence electrons. The second kappa shape index (κ2) is 7.25. The number of hydrazone groups is 1. The Morgan fingerprint density at radius 2 is 2.17 bits per heavy atom. The van der Waals surface area contributed by atoms with Crippen LogP contribution in [0, 0.1) is 0 Å². The average molecular weight is 377 g/mol. The topological polar surface area (TPSA) is 155 Å². The Bertz CT molecular complexity index is 807. The van der Waals surface area contributed by atoms with Crippen LogP contribution in [-0.2, 0) is 29.1 Å². The first kappa shape index (κ1) is 18.3. The smallest absolute Gasteiger partial charge is 0.296 e. The van der Waals surface area contributed by atoms with Gasteiger partial charge in [-0.05, 0) is 18.2 Å². The fourth-order valence-electron chi connectivity index (χ4n) is 1.88. The molecule has 0 aliphatic carbocycles. The van der Waals surface area contributed by atoms with Crippen LogP contribution in [0.4, 0.5) is 5.69 Å². The van der Waals surface area contributed by atoms with Gasteiger partial charge in [0.15, 0.2) is 0 Å². The zero-order valence-corrected chi connectivity index (χ0v) is 13.6. The summed E-state index contributed by atoms with van der Waals surface area (Å²) in [5, 5.41) is 18.5. The van der Waals surface area contributed by atoms with E-state index in [1.165, 1.54) is 19.1 Å². The van der Waals surface area contributed by atoms with Gasteiger partial charge in [0.2, 0.25) is 5.91 Å². The van der Waals surface area contributed by atoms with Crippen molar-refractivity contribution in [1.82, 2.24) is 5.32 Å². The highest BCUT2D eigenvalue weighted by Crippen LogP contribution is 2.33. The van der Waals surface area contributed by atoms with Gasteiger partial charge in [-0.1, -0.05) is 5.04 Å². The predicted octanol–water partition coefficient (Wildman–Crippen LogP) is 0.548. The highest BCUT2D eigenvalue weighted by molar-refractivity contribution is 7.94. The molecule has 3 N–H and O–H groups in total. The van der Waals surface area contributed by atoms with E-state index < -0.39 is 26.8 Å². The molecule has 1 aromatic carbocycles. The average Bonchev–Trinajstić information content (AvgIpc) is 2.83. The first-order chi connectivity index (χ1) is 11.2. The Morgan fingerprint density at radius 1 is 1.46 bits per heavy atom. The molecule has 0 spiro atoms. The van der Waals surface area contributed by atoms with Crippen LogP contribution in [0.1, 0.15) is 13.3 Å². The fourth-order valence-corrected chi connectivity index (χ4v) is 2.92. The van der Waals surface area contributed by atoms with Crippen molar-refractivity contribution in [2.75, 3.05) is 5.01 Å². The van der Waals surface area contributed by atoms with E-state index in [4.69, 9.17) is 5.26 Å². The van der Waals surface area contributed by atoms with Crippen molar-refractivity contribution in [3.63, 3.8) is 0 Å². The summed E-state index contributed by atoms with van der Waals surface area (Å²) in [6.45, 7) is 1.22. The molecule has 0 saturated carbocycles. The highest BCUT2D eigenvalue weighted by Gasteiger charge is 2.30. The molecule has 0 bridgehead atoms. The summed E-state index contributed by atoms with van der Waals surface area (Å²) < 4.78 is 36.5. The Morgan fingerprint density at radius 3 is 2.75 bits per heavy atom. The van der Waals surface area contributed by atoms with Crippen molar-refractivity contribution < 1.29 is 37.2 Å². The number of hydrogen-bond donors (Lipinski definition) is 3. The van der Waals surface area contributed by atoms with Gasteiger partial charge in [-0.3, -0.25) is 14.1 Å². The molecule has 0 radical (unpaired) electrons. The monoisotopic (exact) mass is 377 g/mol. The van der Waals surface area contributed by atoms with Crippen molar-refractivity contribution in [3.8, 4) is 0 Å². The van der Waals surface area contributed by atoms with Gasteiger partial charge in [0.1, 0.15) is 10.7 Å². The molecule has 0 fully saturated rings. The van der Waals surface area contributed by atoms with Gasteiger partial charge < -0.3 is 5.32 Å². The summed E-state index contributed by atoms with van der Waals surface area (Å²) in [4.78, 5) is 22.8. The second-order valence-electron chi connectivity index (χ2n) is 4.44. The number of anilines is 1. The Labute approximate surface area is 140 Å². The van der Waals surface area contributed by atoms with E-state index in [9.17, 15) is 22.6 Å². The number of carbonyl (C=O) groups is 2. The summed E-state index contributed by atoms with van der Waals surface area (Å²) in [7, 11) is -4.65. The summed E-state index contributed by atoms with van der Waals surface area (Å²) >= 11 is 0.521. The molecule has 1 aliphatic heterocycles. The third kappa shape index (κ3) is 4.28. The molecule has 0 atom stereocenters. The lowest BCUT2D eigenvalue weighted by atomic mass is 10.3. The standard InChI is InChI=1S/C11H11N3O8S2/c1-6(15)12-10-5-11(16)14(13-10)8-4-7(23-22-21-17)2-3-9(8)24(18,19)20/h2-4,17H,5H2,1H3,(H,12,13,15)(H,18,19,20). The van der Waals surface area contributed by atoms with E-state index >= 15 is 0 Å². The lowest BCUT2D eigenvalue weighted by Gasteiger charge is -2.15. The van der Waals surface area contributed by atoms with E-state index in [-0.39, 0.29) is 22.8 Å². The third-order valence-corrected chi connectivity index (χ3v) is 4.17. The minimum atomic E-state index is -4.65. The van der Waals surface area contributed by atoms with Gasteiger partial charge in [-0.15, -0.1) is 4.33 Å². The number of amidine groups is 1. The molecular formula is C11H11N3O8S2. The number of carbonyl (C=O) groups excluding carboxylic acids is 2. The van der Waals surface area contributed by atoms with Crippen LogP contribution in [0.25, 0.3) is 0 Å². The van der Waals surface area contributed by atoms with Crippen LogP contribution in [-0.4, -0.2) is 35.9 Å². The van der Waals surface area contributed by atoms with Crippen LogP contribution in [0.2, 0.25) is 0 Å². The van der Waals surface area contributed by atoms with Gasteiger partial charge in [-0.25, -0.2) is 5.26 Å². The van der Waals surface area contributed by atoms with E-state index in [1.807, 2.05) is 0 Å². The van der Waals surface area contributed by atoms with Gasteiger partial charge in [0, 0.05) is 11.8 Å². The van der Waals surface area contributed by atoms with Crippen LogP contribution >= 0.6 is 12.0 Å². The summed E-state index contributed by atoms with van der Waals surface area (Å²) in [5.74, 6) is -1.04. The minimum absolute atomic E-state index is 0.0294. The molecule has 24 heavy (non-hydrogen) atoms. The van der Waals surface area contributed by atoms with Gasteiger partial charge in [0.25, 0.3) is 16.0 Å². The second-order valence-corrected chi connectivity index (χ2v) is 6.60. The fraction of sp³-hybridized carbons (Fsp3) is 0.182. The number of nitrogens with zero attached hydrogens (tertiary/aromatic N) is 2. The summed E-state index contributed by atoms with van der Waals surface area (Å²) in [6, 6.07) is 3.44. The van der Waals surface area contributed by atoms with Crippen LogP contribution < -0.4 is 10.3 Å². The van der Waals surface area contributed by atoms with Crippen molar-refractivity contribution >= 4 is 45.5 Å². The number of amides is 2. The lowest BCUT2D eigenvalue weighted by molar-refractivity contribution is -0.432. The maximum Gasteiger partial charge on any atom is 0.296 e. The Hall–Kier alpha value is -2.03. The molecule has 1 heterocycles. The first-order valence-corrected chi connectivity index (χ1v) is 8.35. The first-order valence-electron chi connectivity index (χ1n) is 6.16. The van der Waals surface area contributed by atoms with Crippen LogP contribution in [0.5, 0.6) is 0 Å². The number of benzene rings is 1. The molecular weight excluding hydrogens is 366 g/mol. The number of hydrogen-bond acceptors (Lipinski definition) is 9. The van der Waals surface area contributed by atoms with Crippen molar-refractivity contribution in [2.45, 2.75) is 23.1 Å². The molecule has 2 rings (SSSR count). The van der Waals surface area contributed by atoms with Crippen molar-refractivity contribution in [2.24, 2.45) is 5.10 Å². The summed E-state index contributed by atoms with van der Waals surface area (Å²) in [6.07, 6.45) is -0.252. The number of rotatable bonds is 5. The van der Waals surface area contributed by atoms with Gasteiger partial charge in [-0.2, -0.15) is 18.5 Å². The molecule has 1 aliphatic rings. The lowest BCUT2D eigenvalue weighted by Crippen LogP contribution is -2.27. The normalized spacial score (nSPS) is 14.7. The zero-order chi connectivity index (χ0) is 17.9. The quantitative estimate of drug-likeness (QED) is 0.289. The molecule has 2 amide bonds. The van der Waals surface area contributed by atoms with E-state index in [0.29, 0.717) is 12.0 Å². The van der Waals surface area contributed by atoms with Crippen LogP contribution in [0.3, 0.4) is 0 Å². The SMILES string of the molecule is CC(=O)NC1=NN(c2cc(SOOO)ccc2S(=O)(=O)O)C(=O)C1. The summed E-state index contributed by atoms with van der Waals surface area (Å²) in [5.41, 5.74) is -0.255. The van der Waals surface area contributed by atoms with Gasteiger partial charge >= 0.3 is 0 Å². The zero-order valence-electron chi connectivity index (χ0n) is 12.0. The van der Waals surface area contributed by atoms with E-state index in [2.05, 4.69) is 19.8 Å². The molecule has 0 aromatic heterocycles. The van der Waals surface area contributed by atoms with Crippen molar-refractivity contribution in [3.05, 3.63) is 18.2 Å². The highest BCUT2D eigenvalue weighted by atomic mass is 32.2. The Kier molecular flexibility index (Phi) is 5.53. The molecule has 0 saturated heterocycles. The predicted molar refractivity (Wildman–Crippen MR) is 80.3 cm³/mol. The largest absolute Gasteiger partial charge is 0.313 e.